The lowest BCUT2D eigenvalue weighted by Crippen LogP contribution is -2.14. The number of terminal acetylenes is 1. The van der Waals surface area contributed by atoms with Crippen molar-refractivity contribution in [3.63, 3.8) is 0 Å². The van der Waals surface area contributed by atoms with Gasteiger partial charge in [0.1, 0.15) is 12.4 Å². The SMILES string of the molecule is C#CCOc1ccccc1CNCc1ccc(OCCC)nc1. The van der Waals surface area contributed by atoms with Gasteiger partial charge >= 0.3 is 0 Å². The number of para-hydroxylation sites is 1. The van der Waals surface area contributed by atoms with E-state index in [1.165, 1.54) is 0 Å². The van der Waals surface area contributed by atoms with Crippen molar-refractivity contribution in [2.75, 3.05) is 13.2 Å². The highest BCUT2D eigenvalue weighted by molar-refractivity contribution is 5.33. The van der Waals surface area contributed by atoms with Crippen LogP contribution in [-0.2, 0) is 13.1 Å². The Kier molecular flexibility index (Phi) is 6.96. The lowest BCUT2D eigenvalue weighted by molar-refractivity contribution is 0.305. The summed E-state index contributed by atoms with van der Waals surface area (Å²) in [5.41, 5.74) is 2.19. The maximum atomic E-state index is 5.54. The summed E-state index contributed by atoms with van der Waals surface area (Å²) in [7, 11) is 0. The van der Waals surface area contributed by atoms with Gasteiger partial charge in [-0.1, -0.05) is 37.1 Å². The van der Waals surface area contributed by atoms with Crippen molar-refractivity contribution >= 4 is 0 Å². The predicted octanol–water partition coefficient (Wildman–Crippen LogP) is 3.17. The van der Waals surface area contributed by atoms with E-state index in [0.717, 1.165) is 29.8 Å². The normalized spacial score (nSPS) is 10.1. The Morgan fingerprint density at radius 3 is 2.74 bits per heavy atom. The number of nitrogens with one attached hydrogen (secondary N) is 1. The lowest BCUT2D eigenvalue weighted by Gasteiger charge is -2.11. The van der Waals surface area contributed by atoms with Gasteiger partial charge in [-0.3, -0.25) is 0 Å². The van der Waals surface area contributed by atoms with E-state index in [1.807, 2.05) is 42.6 Å². The molecule has 1 aromatic carbocycles. The molecule has 2 aromatic rings. The van der Waals surface area contributed by atoms with E-state index >= 15 is 0 Å². The third-order valence-electron chi connectivity index (χ3n) is 3.18. The molecule has 0 radical (unpaired) electrons. The van der Waals surface area contributed by atoms with E-state index in [0.29, 0.717) is 19.0 Å². The molecule has 1 N–H and O–H groups in total. The maximum Gasteiger partial charge on any atom is 0.213 e. The Bertz CT molecular complexity index is 633. The first-order chi connectivity index (χ1) is 11.3. The molecular weight excluding hydrogens is 288 g/mol. The van der Waals surface area contributed by atoms with Crippen molar-refractivity contribution in [3.8, 4) is 24.0 Å². The Morgan fingerprint density at radius 1 is 1.13 bits per heavy atom. The number of benzene rings is 1. The summed E-state index contributed by atoms with van der Waals surface area (Å²) in [5.74, 6) is 3.97. The Labute approximate surface area is 137 Å². The Morgan fingerprint density at radius 2 is 2.00 bits per heavy atom. The van der Waals surface area contributed by atoms with Crippen LogP contribution in [0.1, 0.15) is 24.5 Å². The molecule has 0 unspecified atom stereocenters. The molecule has 1 aromatic heterocycles. The first kappa shape index (κ1) is 16.9. The van der Waals surface area contributed by atoms with Gasteiger partial charge in [-0.25, -0.2) is 4.98 Å². The maximum absolute atomic E-state index is 5.54. The van der Waals surface area contributed by atoms with E-state index in [1.54, 1.807) is 0 Å². The van der Waals surface area contributed by atoms with Gasteiger partial charge in [0.2, 0.25) is 5.88 Å². The molecule has 1 heterocycles. The summed E-state index contributed by atoms with van der Waals surface area (Å²) in [6.45, 7) is 4.47. The van der Waals surface area contributed by atoms with Crippen LogP contribution in [0, 0.1) is 12.3 Å². The van der Waals surface area contributed by atoms with Crippen LogP contribution in [0.2, 0.25) is 0 Å². The van der Waals surface area contributed by atoms with E-state index in [-0.39, 0.29) is 6.61 Å². The summed E-state index contributed by atoms with van der Waals surface area (Å²) in [4.78, 5) is 4.29. The first-order valence-electron chi connectivity index (χ1n) is 7.76. The van der Waals surface area contributed by atoms with E-state index in [9.17, 15) is 0 Å². The Balaban J connectivity index is 1.84. The fourth-order valence-corrected chi connectivity index (χ4v) is 2.06. The zero-order valence-corrected chi connectivity index (χ0v) is 13.4. The highest BCUT2D eigenvalue weighted by atomic mass is 16.5. The van der Waals surface area contributed by atoms with Gasteiger partial charge < -0.3 is 14.8 Å². The minimum Gasteiger partial charge on any atom is -0.481 e. The molecule has 0 saturated heterocycles. The number of hydrogen-bond donors (Lipinski definition) is 1. The molecule has 0 spiro atoms. The van der Waals surface area contributed by atoms with Crippen LogP contribution in [0.15, 0.2) is 42.6 Å². The molecule has 0 fully saturated rings. The summed E-state index contributed by atoms with van der Waals surface area (Å²) < 4.78 is 11.0. The molecule has 4 heteroatoms. The van der Waals surface area contributed by atoms with Crippen molar-refractivity contribution in [2.24, 2.45) is 0 Å². The zero-order chi connectivity index (χ0) is 16.3. The minimum atomic E-state index is 0.278. The second kappa shape index (κ2) is 9.50. The molecule has 0 saturated carbocycles. The molecular formula is C19H22N2O2. The van der Waals surface area contributed by atoms with Crippen molar-refractivity contribution in [2.45, 2.75) is 26.4 Å². The third-order valence-corrected chi connectivity index (χ3v) is 3.18. The van der Waals surface area contributed by atoms with Crippen LogP contribution in [0.4, 0.5) is 0 Å². The monoisotopic (exact) mass is 310 g/mol. The third kappa shape index (κ3) is 5.65. The lowest BCUT2D eigenvalue weighted by atomic mass is 10.2. The first-order valence-corrected chi connectivity index (χ1v) is 7.76. The second-order valence-electron chi connectivity index (χ2n) is 5.06. The molecule has 4 nitrogen and oxygen atoms in total. The smallest absolute Gasteiger partial charge is 0.213 e. The molecule has 0 aliphatic heterocycles. The van der Waals surface area contributed by atoms with Gasteiger partial charge in [-0.05, 0) is 18.1 Å². The number of nitrogens with zero attached hydrogens (tertiary/aromatic N) is 1. The minimum absolute atomic E-state index is 0.278. The van der Waals surface area contributed by atoms with Gasteiger partial charge in [-0.2, -0.15) is 0 Å². The summed E-state index contributed by atoms with van der Waals surface area (Å²) in [5, 5.41) is 3.38. The second-order valence-corrected chi connectivity index (χ2v) is 5.06. The van der Waals surface area contributed by atoms with E-state index < -0.39 is 0 Å². The van der Waals surface area contributed by atoms with Crippen LogP contribution in [0.5, 0.6) is 11.6 Å². The van der Waals surface area contributed by atoms with Gasteiger partial charge in [0.25, 0.3) is 0 Å². The van der Waals surface area contributed by atoms with Crippen LogP contribution in [-0.4, -0.2) is 18.2 Å². The average molecular weight is 310 g/mol. The van der Waals surface area contributed by atoms with Crippen molar-refractivity contribution in [1.82, 2.24) is 10.3 Å². The van der Waals surface area contributed by atoms with Crippen LogP contribution in [0.25, 0.3) is 0 Å². The topological polar surface area (TPSA) is 43.4 Å². The number of hydrogen-bond acceptors (Lipinski definition) is 4. The summed E-state index contributed by atoms with van der Waals surface area (Å²) >= 11 is 0. The highest BCUT2D eigenvalue weighted by Crippen LogP contribution is 2.17. The molecule has 0 aliphatic carbocycles. The summed E-state index contributed by atoms with van der Waals surface area (Å²) in [6.07, 6.45) is 8.05. The number of ether oxygens (including phenoxy) is 2. The van der Waals surface area contributed by atoms with Crippen molar-refractivity contribution in [3.05, 3.63) is 53.7 Å². The summed E-state index contributed by atoms with van der Waals surface area (Å²) in [6, 6.07) is 11.8. The molecule has 0 atom stereocenters. The zero-order valence-electron chi connectivity index (χ0n) is 13.4. The highest BCUT2D eigenvalue weighted by Gasteiger charge is 2.02. The van der Waals surface area contributed by atoms with Crippen molar-refractivity contribution in [1.29, 1.82) is 0 Å². The molecule has 120 valence electrons. The van der Waals surface area contributed by atoms with Gasteiger partial charge in [0.05, 0.1) is 6.61 Å². The standard InChI is InChI=1S/C19H22N2O2/c1-3-11-22-18-8-6-5-7-17(18)15-20-13-16-9-10-19(21-14-16)23-12-4-2/h1,5-10,14,20H,4,11-13,15H2,2H3. The number of pyridine rings is 1. The van der Waals surface area contributed by atoms with E-state index in [2.05, 4.69) is 23.1 Å². The predicted molar refractivity (Wildman–Crippen MR) is 91.3 cm³/mol. The fraction of sp³-hybridized carbons (Fsp3) is 0.316. The van der Waals surface area contributed by atoms with Gasteiger partial charge in [0.15, 0.2) is 0 Å². The molecule has 2 rings (SSSR count). The quantitative estimate of drug-likeness (QED) is 0.723. The van der Waals surface area contributed by atoms with E-state index in [4.69, 9.17) is 15.9 Å². The van der Waals surface area contributed by atoms with Crippen LogP contribution in [0.3, 0.4) is 0 Å². The van der Waals surface area contributed by atoms with Gasteiger partial charge in [0, 0.05) is 30.9 Å². The molecule has 0 amide bonds. The number of rotatable bonds is 9. The fourth-order valence-electron chi connectivity index (χ4n) is 2.06. The number of aromatic nitrogens is 1. The Hall–Kier alpha value is -2.51. The molecule has 0 aliphatic rings. The molecule has 0 bridgehead atoms. The van der Waals surface area contributed by atoms with Crippen LogP contribution < -0.4 is 14.8 Å². The average Bonchev–Trinajstić information content (AvgIpc) is 2.60. The van der Waals surface area contributed by atoms with Gasteiger partial charge in [-0.15, -0.1) is 6.42 Å². The van der Waals surface area contributed by atoms with Crippen molar-refractivity contribution < 1.29 is 9.47 Å². The largest absolute Gasteiger partial charge is 0.481 e. The van der Waals surface area contributed by atoms with Crippen LogP contribution >= 0.6 is 0 Å². The molecule has 23 heavy (non-hydrogen) atoms.